The first-order chi connectivity index (χ1) is 19.5. The number of nitro groups is 1. The Hall–Kier alpha value is -4.76. The first kappa shape index (κ1) is 25.5. The number of aromatic nitrogens is 2. The summed E-state index contributed by atoms with van der Waals surface area (Å²) >= 11 is 0. The zero-order chi connectivity index (χ0) is 27.5. The van der Waals surface area contributed by atoms with Crippen LogP contribution >= 0.6 is 0 Å². The molecule has 1 fully saturated rings. The van der Waals surface area contributed by atoms with Crippen molar-refractivity contribution in [3.05, 3.63) is 106 Å². The molecule has 3 heterocycles. The Morgan fingerprint density at radius 2 is 1.80 bits per heavy atom. The van der Waals surface area contributed by atoms with E-state index in [9.17, 15) is 14.9 Å². The van der Waals surface area contributed by atoms with E-state index in [1.54, 1.807) is 12.4 Å². The average molecular weight is 535 g/mol. The molecule has 0 spiro atoms. The van der Waals surface area contributed by atoms with Crippen molar-refractivity contribution in [3.8, 4) is 11.3 Å². The van der Waals surface area contributed by atoms with Crippen LogP contribution in [0.2, 0.25) is 0 Å². The Bertz CT molecular complexity index is 1550. The highest BCUT2D eigenvalue weighted by Crippen LogP contribution is 2.39. The van der Waals surface area contributed by atoms with Crippen LogP contribution in [0.1, 0.15) is 36.0 Å². The minimum atomic E-state index is -0.446. The van der Waals surface area contributed by atoms with Gasteiger partial charge in [0.05, 0.1) is 28.2 Å². The molecule has 9 heteroatoms. The maximum atomic E-state index is 13.3. The van der Waals surface area contributed by atoms with Gasteiger partial charge in [0.1, 0.15) is 0 Å². The van der Waals surface area contributed by atoms with Gasteiger partial charge in [0.15, 0.2) is 0 Å². The van der Waals surface area contributed by atoms with Crippen molar-refractivity contribution in [1.29, 1.82) is 0 Å². The molecule has 0 atom stereocenters. The number of rotatable bonds is 9. The van der Waals surface area contributed by atoms with Crippen LogP contribution in [0.15, 0.2) is 79.3 Å². The molecule has 40 heavy (non-hydrogen) atoms. The molecule has 6 rings (SSSR count). The Morgan fingerprint density at radius 1 is 1.02 bits per heavy atom. The molecule has 0 radical (unpaired) electrons. The van der Waals surface area contributed by atoms with E-state index in [-0.39, 0.29) is 11.6 Å². The lowest BCUT2D eigenvalue weighted by atomic mass is 9.98. The molecule has 4 aromatic rings. The number of H-pyrrole nitrogens is 1. The van der Waals surface area contributed by atoms with Gasteiger partial charge in [-0.2, -0.15) is 0 Å². The molecule has 1 saturated heterocycles. The molecule has 9 nitrogen and oxygen atoms in total. The first-order valence-electron chi connectivity index (χ1n) is 13.6. The van der Waals surface area contributed by atoms with E-state index < -0.39 is 4.92 Å². The van der Waals surface area contributed by atoms with Gasteiger partial charge in [-0.3, -0.25) is 14.9 Å². The summed E-state index contributed by atoms with van der Waals surface area (Å²) in [7, 11) is 0. The van der Waals surface area contributed by atoms with Crippen molar-refractivity contribution < 1.29 is 9.72 Å². The highest BCUT2D eigenvalue weighted by Gasteiger charge is 2.30. The van der Waals surface area contributed by atoms with E-state index in [1.165, 1.54) is 43.6 Å². The summed E-state index contributed by atoms with van der Waals surface area (Å²) in [6, 6.07) is 20.4. The van der Waals surface area contributed by atoms with Gasteiger partial charge >= 0.3 is 0 Å². The smallest absolute Gasteiger partial charge is 0.270 e. The number of benzene rings is 3. The molecule has 1 aromatic heterocycles. The second-order valence-corrected chi connectivity index (χ2v) is 10.2. The largest absolute Gasteiger partial charge is 0.354 e. The molecule has 3 N–H and O–H groups in total. The number of hydrogen-bond donors (Lipinski definition) is 3. The van der Waals surface area contributed by atoms with Crippen LogP contribution in [0.5, 0.6) is 0 Å². The lowest BCUT2D eigenvalue weighted by Gasteiger charge is -2.16. The number of carbonyl (C=O) groups excluding carboxylic acids is 1. The third kappa shape index (κ3) is 5.37. The maximum Gasteiger partial charge on any atom is 0.270 e. The minimum Gasteiger partial charge on any atom is -0.354 e. The Balaban J connectivity index is 1.33. The molecule has 0 unspecified atom stereocenters. The third-order valence-corrected chi connectivity index (χ3v) is 7.54. The number of nitro benzene ring substituents is 1. The van der Waals surface area contributed by atoms with Crippen LogP contribution < -0.4 is 10.6 Å². The predicted molar refractivity (Wildman–Crippen MR) is 157 cm³/mol. The fourth-order valence-electron chi connectivity index (χ4n) is 5.43. The number of anilines is 2. The number of non-ortho nitro benzene ring substituents is 1. The second-order valence-electron chi connectivity index (χ2n) is 10.2. The standard InChI is InChI=1S/C31H30N6O3/c38-31-29(26-18-25(37(39)40)13-14-27(26)35-31)30(34-24-11-9-22(10-12-24)28-19-32-20-33-28)23-7-5-21(6-8-23)4-3-17-36-15-1-2-16-36/h5-14,18-20,34H,1-4,15-17H2,(H,32,33)(H,35,38)/b30-29-. The van der Waals surface area contributed by atoms with Crippen molar-refractivity contribution in [2.45, 2.75) is 25.7 Å². The van der Waals surface area contributed by atoms with Gasteiger partial charge in [-0.15, -0.1) is 0 Å². The topological polar surface area (TPSA) is 116 Å². The fourth-order valence-corrected chi connectivity index (χ4v) is 5.43. The predicted octanol–water partition coefficient (Wildman–Crippen LogP) is 5.95. The van der Waals surface area contributed by atoms with Crippen LogP contribution in [-0.4, -0.2) is 45.3 Å². The number of imidazole rings is 1. The molecule has 202 valence electrons. The summed E-state index contributed by atoms with van der Waals surface area (Å²) in [6.45, 7) is 3.51. The van der Waals surface area contributed by atoms with E-state index in [0.717, 1.165) is 41.9 Å². The SMILES string of the molecule is O=C1Nc2ccc([N+](=O)[O-])cc2/C1=C(/Nc1ccc(-c2c[nH]cn2)cc1)c1ccc(CCCN2CCCC2)cc1. The van der Waals surface area contributed by atoms with Gasteiger partial charge in [0, 0.05) is 40.8 Å². The molecule has 0 saturated carbocycles. The number of aromatic amines is 1. The highest BCUT2D eigenvalue weighted by molar-refractivity contribution is 6.37. The molecule has 2 aliphatic rings. The van der Waals surface area contributed by atoms with Crippen molar-refractivity contribution in [1.82, 2.24) is 14.9 Å². The van der Waals surface area contributed by atoms with E-state index in [1.807, 2.05) is 42.6 Å². The Morgan fingerprint density at radius 3 is 2.50 bits per heavy atom. The second kappa shape index (κ2) is 11.2. The normalized spacial score (nSPS) is 16.1. The van der Waals surface area contributed by atoms with Crippen molar-refractivity contribution in [2.24, 2.45) is 0 Å². The van der Waals surface area contributed by atoms with Gasteiger partial charge in [-0.25, -0.2) is 4.98 Å². The highest BCUT2D eigenvalue weighted by atomic mass is 16.6. The van der Waals surface area contributed by atoms with Crippen LogP contribution in [-0.2, 0) is 11.2 Å². The van der Waals surface area contributed by atoms with Crippen LogP contribution in [0.3, 0.4) is 0 Å². The van der Waals surface area contributed by atoms with E-state index in [2.05, 4.69) is 37.6 Å². The molecule has 0 bridgehead atoms. The number of fused-ring (bicyclic) bond motifs is 1. The zero-order valence-corrected chi connectivity index (χ0v) is 22.0. The van der Waals surface area contributed by atoms with E-state index in [0.29, 0.717) is 22.5 Å². The molecule has 2 aliphatic heterocycles. The third-order valence-electron chi connectivity index (χ3n) is 7.54. The van der Waals surface area contributed by atoms with Crippen molar-refractivity contribution in [2.75, 3.05) is 30.3 Å². The van der Waals surface area contributed by atoms with Gasteiger partial charge < -0.3 is 20.5 Å². The lowest BCUT2D eigenvalue weighted by Crippen LogP contribution is -2.20. The van der Waals surface area contributed by atoms with Crippen molar-refractivity contribution in [3.63, 3.8) is 0 Å². The number of likely N-dealkylation sites (tertiary alicyclic amines) is 1. The summed E-state index contributed by atoms with van der Waals surface area (Å²) in [6.07, 6.45) is 8.15. The van der Waals surface area contributed by atoms with Gasteiger partial charge in [-0.1, -0.05) is 36.4 Å². The maximum absolute atomic E-state index is 13.3. The number of aryl methyl sites for hydroxylation is 1. The van der Waals surface area contributed by atoms with E-state index >= 15 is 0 Å². The molecule has 3 aromatic carbocycles. The van der Waals surface area contributed by atoms with Crippen molar-refractivity contribution >= 4 is 34.2 Å². The Labute approximate surface area is 232 Å². The molecular weight excluding hydrogens is 504 g/mol. The average Bonchev–Trinajstić information content (AvgIpc) is 3.74. The number of nitrogens with zero attached hydrogens (tertiary/aromatic N) is 3. The van der Waals surface area contributed by atoms with Gasteiger partial charge in [0.2, 0.25) is 0 Å². The molecular formula is C31H30N6O3. The van der Waals surface area contributed by atoms with Crippen LogP contribution in [0.25, 0.3) is 22.5 Å². The number of nitrogens with one attached hydrogen (secondary N) is 3. The molecule has 0 aliphatic carbocycles. The lowest BCUT2D eigenvalue weighted by molar-refractivity contribution is -0.384. The number of carbonyl (C=O) groups is 1. The summed E-state index contributed by atoms with van der Waals surface area (Å²) in [5, 5.41) is 17.8. The quantitative estimate of drug-likeness (QED) is 0.139. The summed E-state index contributed by atoms with van der Waals surface area (Å²) in [5.74, 6) is -0.305. The number of amides is 1. The van der Waals surface area contributed by atoms with Crippen LogP contribution in [0.4, 0.5) is 17.1 Å². The van der Waals surface area contributed by atoms with Gasteiger partial charge in [0.25, 0.3) is 11.6 Å². The zero-order valence-electron chi connectivity index (χ0n) is 22.0. The Kier molecular flexibility index (Phi) is 7.11. The van der Waals surface area contributed by atoms with E-state index in [4.69, 9.17) is 0 Å². The minimum absolute atomic E-state index is 0.0659. The van der Waals surface area contributed by atoms with Gasteiger partial charge in [-0.05, 0) is 74.6 Å². The summed E-state index contributed by atoms with van der Waals surface area (Å²) in [4.78, 5) is 34.1. The summed E-state index contributed by atoms with van der Waals surface area (Å²) in [5.41, 5.74) is 6.59. The first-order valence-corrected chi connectivity index (χ1v) is 13.6. The fraction of sp³-hybridized carbons (Fsp3) is 0.226. The van der Waals surface area contributed by atoms with Crippen LogP contribution in [0, 0.1) is 10.1 Å². The monoisotopic (exact) mass is 534 g/mol. The summed E-state index contributed by atoms with van der Waals surface area (Å²) < 4.78 is 0. The number of hydrogen-bond acceptors (Lipinski definition) is 6. The molecule has 1 amide bonds.